The molecule has 5 nitrogen and oxygen atoms in total. The highest BCUT2D eigenvalue weighted by atomic mass is 16.4. The summed E-state index contributed by atoms with van der Waals surface area (Å²) in [5, 5.41) is 14.4. The molecule has 1 unspecified atom stereocenters. The average molecular weight is 235 g/mol. The molecule has 92 valence electrons. The molecule has 0 heterocycles. The van der Waals surface area contributed by atoms with Gasteiger partial charge in [-0.3, -0.25) is 4.79 Å². The van der Waals surface area contributed by atoms with E-state index in [0.717, 1.165) is 0 Å². The highest BCUT2D eigenvalue weighted by Gasteiger charge is 2.25. The maximum atomic E-state index is 12.0. The molecule has 0 aromatic heterocycles. The number of hydrogen-bond acceptors (Lipinski definition) is 3. The molecule has 1 aromatic rings. The fourth-order valence-corrected chi connectivity index (χ4v) is 1.53. The summed E-state index contributed by atoms with van der Waals surface area (Å²) in [6, 6.07) is 8.98. The van der Waals surface area contributed by atoms with E-state index in [0.29, 0.717) is 5.56 Å². The highest BCUT2D eigenvalue weighted by Crippen LogP contribution is 2.16. The molecule has 0 aliphatic heterocycles. The van der Waals surface area contributed by atoms with Crippen molar-refractivity contribution in [2.24, 2.45) is 10.9 Å². The molecule has 1 amide bonds. The Morgan fingerprint density at radius 3 is 2.41 bits per heavy atom. The summed E-state index contributed by atoms with van der Waals surface area (Å²) in [7, 11) is 0. The average Bonchev–Trinajstić information content (AvgIpc) is 2.29. The molecule has 1 rings (SSSR count). The van der Waals surface area contributed by atoms with E-state index >= 15 is 0 Å². The molecule has 0 spiro atoms. The van der Waals surface area contributed by atoms with Gasteiger partial charge in [0.15, 0.2) is 5.84 Å². The van der Waals surface area contributed by atoms with Gasteiger partial charge in [0.1, 0.15) is 5.92 Å². The van der Waals surface area contributed by atoms with Crippen molar-refractivity contribution in [1.29, 1.82) is 0 Å². The van der Waals surface area contributed by atoms with Gasteiger partial charge in [0.05, 0.1) is 0 Å². The molecule has 1 atom stereocenters. The van der Waals surface area contributed by atoms with Crippen LogP contribution in [-0.4, -0.2) is 23.0 Å². The van der Waals surface area contributed by atoms with Crippen LogP contribution in [0.3, 0.4) is 0 Å². The normalized spacial score (nSPS) is 13.5. The first kappa shape index (κ1) is 13.0. The zero-order chi connectivity index (χ0) is 12.8. The van der Waals surface area contributed by atoms with Crippen molar-refractivity contribution in [1.82, 2.24) is 5.32 Å². The monoisotopic (exact) mass is 235 g/mol. The number of rotatable bonds is 4. The van der Waals surface area contributed by atoms with Crippen LogP contribution in [0.2, 0.25) is 0 Å². The van der Waals surface area contributed by atoms with Crippen molar-refractivity contribution in [3.63, 3.8) is 0 Å². The number of carbonyl (C=O) groups excluding carboxylic acids is 1. The van der Waals surface area contributed by atoms with Crippen LogP contribution in [0.25, 0.3) is 0 Å². The van der Waals surface area contributed by atoms with Crippen molar-refractivity contribution in [2.75, 3.05) is 0 Å². The molecule has 0 saturated carbocycles. The molecule has 4 N–H and O–H groups in total. The van der Waals surface area contributed by atoms with Crippen LogP contribution in [0.15, 0.2) is 35.5 Å². The first-order valence-electron chi connectivity index (χ1n) is 5.39. The quantitative estimate of drug-likeness (QED) is 0.315. The van der Waals surface area contributed by atoms with Gasteiger partial charge in [-0.1, -0.05) is 35.5 Å². The van der Waals surface area contributed by atoms with Crippen LogP contribution in [0.5, 0.6) is 0 Å². The van der Waals surface area contributed by atoms with E-state index in [4.69, 9.17) is 10.9 Å². The first-order valence-corrected chi connectivity index (χ1v) is 5.39. The van der Waals surface area contributed by atoms with Crippen LogP contribution in [0.1, 0.15) is 25.3 Å². The lowest BCUT2D eigenvalue weighted by Crippen LogP contribution is -2.40. The lowest BCUT2D eigenvalue weighted by molar-refractivity contribution is -0.121. The van der Waals surface area contributed by atoms with Crippen molar-refractivity contribution in [3.05, 3.63) is 35.9 Å². The van der Waals surface area contributed by atoms with Gasteiger partial charge in [-0.15, -0.1) is 0 Å². The maximum absolute atomic E-state index is 12.0. The topological polar surface area (TPSA) is 87.7 Å². The van der Waals surface area contributed by atoms with E-state index in [1.807, 2.05) is 19.9 Å². The van der Waals surface area contributed by atoms with E-state index in [1.54, 1.807) is 24.3 Å². The van der Waals surface area contributed by atoms with Gasteiger partial charge in [0, 0.05) is 6.04 Å². The largest absolute Gasteiger partial charge is 0.409 e. The Bertz CT molecular complexity index is 401. The molecule has 0 saturated heterocycles. The molecule has 0 radical (unpaired) electrons. The number of benzene rings is 1. The van der Waals surface area contributed by atoms with E-state index in [2.05, 4.69) is 10.5 Å². The third-order valence-corrected chi connectivity index (χ3v) is 2.24. The second kappa shape index (κ2) is 5.89. The van der Waals surface area contributed by atoms with Crippen molar-refractivity contribution in [2.45, 2.75) is 25.8 Å². The summed E-state index contributed by atoms with van der Waals surface area (Å²) in [4.78, 5) is 12.0. The molecule has 17 heavy (non-hydrogen) atoms. The zero-order valence-electron chi connectivity index (χ0n) is 9.92. The van der Waals surface area contributed by atoms with Crippen LogP contribution in [-0.2, 0) is 4.79 Å². The summed E-state index contributed by atoms with van der Waals surface area (Å²) >= 11 is 0. The second-order valence-electron chi connectivity index (χ2n) is 4.03. The predicted molar refractivity (Wildman–Crippen MR) is 65.9 cm³/mol. The minimum absolute atomic E-state index is 0.000190. The van der Waals surface area contributed by atoms with E-state index in [9.17, 15) is 4.79 Å². The lowest BCUT2D eigenvalue weighted by Gasteiger charge is -2.17. The molecule has 0 fully saturated rings. The van der Waals surface area contributed by atoms with Gasteiger partial charge in [-0.25, -0.2) is 0 Å². The minimum Gasteiger partial charge on any atom is -0.409 e. The van der Waals surface area contributed by atoms with Gasteiger partial charge in [0.25, 0.3) is 0 Å². The van der Waals surface area contributed by atoms with Crippen molar-refractivity contribution >= 4 is 11.7 Å². The van der Waals surface area contributed by atoms with Crippen LogP contribution < -0.4 is 11.1 Å². The predicted octanol–water partition coefficient (Wildman–Crippen LogP) is 1.04. The fraction of sp³-hybridized carbons (Fsp3) is 0.333. The number of carbonyl (C=O) groups is 1. The summed E-state index contributed by atoms with van der Waals surface area (Å²) < 4.78 is 0. The molecular weight excluding hydrogens is 218 g/mol. The van der Waals surface area contributed by atoms with Crippen LogP contribution in [0, 0.1) is 0 Å². The third kappa shape index (κ3) is 3.48. The molecule has 0 aliphatic carbocycles. The van der Waals surface area contributed by atoms with Crippen LogP contribution >= 0.6 is 0 Å². The number of nitrogens with two attached hydrogens (primary N) is 1. The smallest absolute Gasteiger partial charge is 0.235 e. The zero-order valence-corrected chi connectivity index (χ0v) is 9.92. The van der Waals surface area contributed by atoms with Crippen LogP contribution in [0.4, 0.5) is 0 Å². The highest BCUT2D eigenvalue weighted by molar-refractivity contribution is 6.07. The van der Waals surface area contributed by atoms with Gasteiger partial charge >= 0.3 is 0 Å². The Morgan fingerprint density at radius 1 is 1.35 bits per heavy atom. The number of nitrogens with one attached hydrogen (secondary N) is 1. The molecule has 0 aliphatic rings. The summed E-state index contributed by atoms with van der Waals surface area (Å²) in [5.74, 6) is -1.15. The standard InChI is InChI=1S/C12H17N3O2/c1-8(2)14-12(16)10(11(13)15-17)9-6-4-3-5-7-9/h3-8,10,17H,1-2H3,(H2,13,15)(H,14,16). The van der Waals surface area contributed by atoms with Gasteiger partial charge in [0.2, 0.25) is 5.91 Å². The summed E-state index contributed by atoms with van der Waals surface area (Å²) in [5.41, 5.74) is 6.26. The minimum atomic E-state index is -0.761. The van der Waals surface area contributed by atoms with Crippen molar-refractivity contribution in [3.8, 4) is 0 Å². The Hall–Kier alpha value is -2.04. The SMILES string of the molecule is CC(C)NC(=O)C(C(N)=NO)c1ccccc1. The van der Waals surface area contributed by atoms with Gasteiger partial charge in [-0.05, 0) is 19.4 Å². The van der Waals surface area contributed by atoms with E-state index in [-0.39, 0.29) is 17.8 Å². The Kier molecular flexibility index (Phi) is 4.51. The third-order valence-electron chi connectivity index (χ3n) is 2.24. The molecule has 5 heteroatoms. The Morgan fingerprint density at radius 2 is 1.94 bits per heavy atom. The Balaban J connectivity index is 3.01. The number of amidine groups is 1. The molecular formula is C12H17N3O2. The second-order valence-corrected chi connectivity index (χ2v) is 4.03. The number of oxime groups is 1. The van der Waals surface area contributed by atoms with Gasteiger partial charge in [-0.2, -0.15) is 0 Å². The first-order chi connectivity index (χ1) is 8.06. The maximum Gasteiger partial charge on any atom is 0.235 e. The van der Waals surface area contributed by atoms with E-state index in [1.165, 1.54) is 0 Å². The fourth-order valence-electron chi connectivity index (χ4n) is 1.53. The van der Waals surface area contributed by atoms with Crippen molar-refractivity contribution < 1.29 is 10.0 Å². The summed E-state index contributed by atoms with van der Waals surface area (Å²) in [6.07, 6.45) is 0. The molecule has 0 bridgehead atoms. The summed E-state index contributed by atoms with van der Waals surface area (Å²) in [6.45, 7) is 3.71. The number of amides is 1. The lowest BCUT2D eigenvalue weighted by atomic mass is 9.97. The van der Waals surface area contributed by atoms with Gasteiger partial charge < -0.3 is 16.3 Å². The Labute approximate surface area is 100 Å². The number of hydrogen-bond donors (Lipinski definition) is 3. The van der Waals surface area contributed by atoms with E-state index < -0.39 is 5.92 Å². The molecule has 1 aromatic carbocycles. The number of nitrogens with zero attached hydrogens (tertiary/aromatic N) is 1.